The van der Waals surface area contributed by atoms with E-state index >= 15 is 0 Å². The van der Waals surface area contributed by atoms with Crippen LogP contribution in [-0.4, -0.2) is 22.8 Å². The normalized spacial score (nSPS) is 11.4. The molecule has 0 aliphatic heterocycles. The van der Waals surface area contributed by atoms with Crippen LogP contribution in [0.15, 0.2) is 41.9 Å². The number of aryl methyl sites for hydroxylation is 2. The van der Waals surface area contributed by atoms with Crippen LogP contribution in [0.1, 0.15) is 22.4 Å². The molecule has 1 heterocycles. The molecule has 0 bridgehead atoms. The number of nitrogens with zero attached hydrogens (tertiary/aromatic N) is 3. The highest BCUT2D eigenvalue weighted by molar-refractivity contribution is 6.02. The zero-order valence-electron chi connectivity index (χ0n) is 11.4. The Kier molecular flexibility index (Phi) is 4.23. The molecule has 2 rings (SSSR count). The number of oxime groups is 1. The summed E-state index contributed by atoms with van der Waals surface area (Å²) in [6.45, 7) is 4.15. The van der Waals surface area contributed by atoms with Crippen molar-refractivity contribution in [3.63, 3.8) is 0 Å². The minimum atomic E-state index is 0.603. The van der Waals surface area contributed by atoms with Crippen LogP contribution in [0.5, 0.6) is 0 Å². The maximum Gasteiger partial charge on any atom is 0.106 e. The molecule has 0 atom stereocenters. The fourth-order valence-electron chi connectivity index (χ4n) is 2.02. The Bertz CT molecular complexity index is 579. The molecular formula is C15H17N3O. The molecule has 0 saturated heterocycles. The van der Waals surface area contributed by atoms with Crippen molar-refractivity contribution in [2.24, 2.45) is 5.16 Å². The first-order chi connectivity index (χ1) is 9.20. The Balaban J connectivity index is 2.33. The van der Waals surface area contributed by atoms with Gasteiger partial charge in [-0.3, -0.25) is 9.97 Å². The molecule has 0 saturated carbocycles. The Morgan fingerprint density at radius 3 is 2.74 bits per heavy atom. The van der Waals surface area contributed by atoms with Gasteiger partial charge in [0.15, 0.2) is 0 Å². The first-order valence-electron chi connectivity index (χ1n) is 6.13. The highest BCUT2D eigenvalue weighted by atomic mass is 16.6. The number of aromatic nitrogens is 2. The fourth-order valence-corrected chi connectivity index (χ4v) is 2.02. The summed E-state index contributed by atoms with van der Waals surface area (Å²) in [5.41, 5.74) is 5.23. The van der Waals surface area contributed by atoms with Gasteiger partial charge in [0, 0.05) is 30.6 Å². The van der Waals surface area contributed by atoms with Crippen LogP contribution in [0.2, 0.25) is 0 Å². The highest BCUT2D eigenvalue weighted by Crippen LogP contribution is 2.14. The maximum absolute atomic E-state index is 4.96. The van der Waals surface area contributed by atoms with Crippen LogP contribution < -0.4 is 0 Å². The van der Waals surface area contributed by atoms with E-state index in [9.17, 15) is 0 Å². The van der Waals surface area contributed by atoms with E-state index in [2.05, 4.69) is 47.2 Å². The maximum atomic E-state index is 4.96. The molecule has 0 amide bonds. The molecule has 1 aromatic heterocycles. The summed E-state index contributed by atoms with van der Waals surface area (Å²) in [7, 11) is 1.56. The molecule has 0 aliphatic rings. The van der Waals surface area contributed by atoms with Crippen molar-refractivity contribution in [2.45, 2.75) is 20.3 Å². The average molecular weight is 255 g/mol. The van der Waals surface area contributed by atoms with E-state index in [4.69, 9.17) is 4.84 Å². The van der Waals surface area contributed by atoms with Crippen molar-refractivity contribution >= 4 is 5.71 Å². The van der Waals surface area contributed by atoms with Crippen molar-refractivity contribution in [1.82, 2.24) is 9.97 Å². The van der Waals surface area contributed by atoms with Gasteiger partial charge in [0.1, 0.15) is 7.11 Å². The van der Waals surface area contributed by atoms with Gasteiger partial charge in [0.05, 0.1) is 11.4 Å². The lowest BCUT2D eigenvalue weighted by Crippen LogP contribution is -2.09. The lowest BCUT2D eigenvalue weighted by Gasteiger charge is -2.09. The molecule has 0 spiro atoms. The number of hydrogen-bond donors (Lipinski definition) is 0. The molecule has 0 fully saturated rings. The highest BCUT2D eigenvalue weighted by Gasteiger charge is 2.10. The van der Waals surface area contributed by atoms with Crippen molar-refractivity contribution in [3.05, 3.63) is 59.2 Å². The van der Waals surface area contributed by atoms with Gasteiger partial charge in [-0.1, -0.05) is 28.9 Å². The molecule has 19 heavy (non-hydrogen) atoms. The van der Waals surface area contributed by atoms with Gasteiger partial charge in [0.2, 0.25) is 0 Å². The predicted octanol–water partition coefficient (Wildman–Crippen LogP) is 2.69. The van der Waals surface area contributed by atoms with Crippen molar-refractivity contribution in [2.75, 3.05) is 7.11 Å². The molecule has 0 unspecified atom stereocenters. The van der Waals surface area contributed by atoms with Gasteiger partial charge in [-0.05, 0) is 19.4 Å². The second-order valence-corrected chi connectivity index (χ2v) is 4.41. The minimum Gasteiger partial charge on any atom is -0.399 e. The summed E-state index contributed by atoms with van der Waals surface area (Å²) in [6.07, 6.45) is 5.69. The Hall–Kier alpha value is -2.23. The van der Waals surface area contributed by atoms with E-state index in [0.717, 1.165) is 17.0 Å². The minimum absolute atomic E-state index is 0.603. The zero-order chi connectivity index (χ0) is 13.7. The van der Waals surface area contributed by atoms with Gasteiger partial charge < -0.3 is 4.84 Å². The molecule has 4 heteroatoms. The van der Waals surface area contributed by atoms with Gasteiger partial charge >= 0.3 is 0 Å². The first-order valence-corrected chi connectivity index (χ1v) is 6.13. The van der Waals surface area contributed by atoms with E-state index in [0.29, 0.717) is 6.42 Å². The smallest absolute Gasteiger partial charge is 0.106 e. The molecule has 1 aromatic carbocycles. The van der Waals surface area contributed by atoms with Crippen LogP contribution in [0.4, 0.5) is 0 Å². The Morgan fingerprint density at radius 1 is 1.26 bits per heavy atom. The second-order valence-electron chi connectivity index (χ2n) is 4.41. The van der Waals surface area contributed by atoms with Gasteiger partial charge in [-0.2, -0.15) is 0 Å². The van der Waals surface area contributed by atoms with Crippen molar-refractivity contribution in [3.8, 4) is 0 Å². The summed E-state index contributed by atoms with van der Waals surface area (Å²) >= 11 is 0. The van der Waals surface area contributed by atoms with E-state index in [1.807, 2.05) is 0 Å². The number of hydrogen-bond acceptors (Lipinski definition) is 4. The SMILES string of the molecule is CON=C(Cc1cnccn1)c1ccc(C)cc1C. The Labute approximate surface area is 113 Å². The first kappa shape index (κ1) is 13.2. The summed E-state index contributed by atoms with van der Waals surface area (Å²) in [4.78, 5) is 13.3. The average Bonchev–Trinajstić information content (AvgIpc) is 2.39. The third-order valence-electron chi connectivity index (χ3n) is 2.86. The summed E-state index contributed by atoms with van der Waals surface area (Å²) in [6, 6.07) is 6.28. The molecule has 98 valence electrons. The lowest BCUT2D eigenvalue weighted by atomic mass is 9.99. The van der Waals surface area contributed by atoms with Gasteiger partial charge in [-0.25, -0.2) is 0 Å². The number of benzene rings is 1. The zero-order valence-corrected chi connectivity index (χ0v) is 11.4. The van der Waals surface area contributed by atoms with E-state index < -0.39 is 0 Å². The lowest BCUT2D eigenvalue weighted by molar-refractivity contribution is 0.213. The summed E-state index contributed by atoms with van der Waals surface area (Å²) < 4.78 is 0. The van der Waals surface area contributed by atoms with Crippen LogP contribution in [0.25, 0.3) is 0 Å². The van der Waals surface area contributed by atoms with E-state index in [-0.39, 0.29) is 0 Å². The van der Waals surface area contributed by atoms with Crippen LogP contribution in [0.3, 0.4) is 0 Å². The standard InChI is InChI=1S/C15H17N3O/c1-11-4-5-14(12(2)8-11)15(18-19-3)9-13-10-16-6-7-17-13/h4-8,10H,9H2,1-3H3. The van der Waals surface area contributed by atoms with Crippen LogP contribution in [-0.2, 0) is 11.3 Å². The topological polar surface area (TPSA) is 47.4 Å². The van der Waals surface area contributed by atoms with Gasteiger partial charge in [0.25, 0.3) is 0 Å². The van der Waals surface area contributed by atoms with Crippen LogP contribution >= 0.6 is 0 Å². The van der Waals surface area contributed by atoms with E-state index in [1.54, 1.807) is 25.7 Å². The number of rotatable bonds is 4. The summed E-state index contributed by atoms with van der Waals surface area (Å²) in [5.74, 6) is 0. The fraction of sp³-hybridized carbons (Fsp3) is 0.267. The quantitative estimate of drug-likeness (QED) is 0.623. The van der Waals surface area contributed by atoms with E-state index in [1.165, 1.54) is 11.1 Å². The largest absolute Gasteiger partial charge is 0.399 e. The molecule has 0 radical (unpaired) electrons. The van der Waals surface area contributed by atoms with Crippen LogP contribution in [0, 0.1) is 13.8 Å². The molecule has 0 N–H and O–H groups in total. The van der Waals surface area contributed by atoms with Crippen molar-refractivity contribution < 1.29 is 4.84 Å². The molecule has 2 aromatic rings. The van der Waals surface area contributed by atoms with Gasteiger partial charge in [-0.15, -0.1) is 0 Å². The molecular weight excluding hydrogens is 238 g/mol. The monoisotopic (exact) mass is 255 g/mol. The van der Waals surface area contributed by atoms with Crippen molar-refractivity contribution in [1.29, 1.82) is 0 Å². The molecule has 4 nitrogen and oxygen atoms in total. The molecule has 0 aliphatic carbocycles. The predicted molar refractivity (Wildman–Crippen MR) is 75.2 cm³/mol. The third-order valence-corrected chi connectivity index (χ3v) is 2.86. The Morgan fingerprint density at radius 2 is 2.11 bits per heavy atom. The summed E-state index contributed by atoms with van der Waals surface area (Å²) in [5, 5.41) is 4.13. The second kappa shape index (κ2) is 6.09. The third kappa shape index (κ3) is 3.37.